The highest BCUT2D eigenvalue weighted by Gasteiger charge is 2.16. The monoisotopic (exact) mass is 331 g/mol. The molecule has 0 unspecified atom stereocenters. The highest BCUT2D eigenvalue weighted by molar-refractivity contribution is 6.33. The summed E-state index contributed by atoms with van der Waals surface area (Å²) in [7, 11) is 3.59. The lowest BCUT2D eigenvalue weighted by Gasteiger charge is -2.21. The highest BCUT2D eigenvalue weighted by Crippen LogP contribution is 2.32. The number of anilines is 2. The van der Waals surface area contributed by atoms with E-state index in [2.05, 4.69) is 23.5 Å². The van der Waals surface area contributed by atoms with E-state index < -0.39 is 0 Å². The van der Waals surface area contributed by atoms with Gasteiger partial charge in [-0.05, 0) is 37.6 Å². The van der Waals surface area contributed by atoms with Crippen LogP contribution in [0.15, 0.2) is 36.4 Å². The first kappa shape index (κ1) is 17.3. The summed E-state index contributed by atoms with van der Waals surface area (Å²) < 4.78 is 5.19. The Bertz CT molecular complexity index is 698. The normalized spacial score (nSPS) is 10.5. The average molecular weight is 332 g/mol. The van der Waals surface area contributed by atoms with E-state index in [9.17, 15) is 0 Å². The van der Waals surface area contributed by atoms with Crippen molar-refractivity contribution >= 4 is 23.1 Å². The van der Waals surface area contributed by atoms with Crippen LogP contribution in [-0.2, 0) is 6.42 Å². The van der Waals surface area contributed by atoms with Crippen LogP contribution in [0.4, 0.5) is 11.5 Å². The van der Waals surface area contributed by atoms with Crippen LogP contribution in [0.25, 0.3) is 0 Å². The van der Waals surface area contributed by atoms with Crippen molar-refractivity contribution in [1.82, 2.24) is 9.97 Å². The summed E-state index contributed by atoms with van der Waals surface area (Å²) in [6.45, 7) is 8.00. The number of aromatic nitrogens is 2. The number of aryl methyl sites for hydroxylation is 1. The second-order valence-electron chi connectivity index (χ2n) is 5.39. The number of rotatable bonds is 6. The van der Waals surface area contributed by atoms with Crippen molar-refractivity contribution < 1.29 is 4.74 Å². The third-order valence-corrected chi connectivity index (χ3v) is 4.10. The molecule has 4 nitrogen and oxygen atoms in total. The zero-order chi connectivity index (χ0) is 17.0. The molecule has 122 valence electrons. The SMILES string of the molecule is C=C(CC)Cc1nc(C)nc(N(C)c2ccc(OC)cc2)c1Cl. The second kappa shape index (κ2) is 7.47. The van der Waals surface area contributed by atoms with Gasteiger partial charge in [0.15, 0.2) is 5.82 Å². The first-order valence-corrected chi connectivity index (χ1v) is 7.91. The van der Waals surface area contributed by atoms with Gasteiger partial charge in [-0.3, -0.25) is 0 Å². The molecule has 1 heterocycles. The van der Waals surface area contributed by atoms with Gasteiger partial charge in [-0.1, -0.05) is 30.7 Å². The lowest BCUT2D eigenvalue weighted by molar-refractivity contribution is 0.415. The summed E-state index contributed by atoms with van der Waals surface area (Å²) in [4.78, 5) is 10.9. The molecule has 1 aromatic carbocycles. The van der Waals surface area contributed by atoms with Crippen molar-refractivity contribution in [2.75, 3.05) is 19.1 Å². The Morgan fingerprint density at radius 2 is 1.91 bits per heavy atom. The number of benzene rings is 1. The maximum absolute atomic E-state index is 6.55. The predicted molar refractivity (Wildman–Crippen MR) is 96.0 cm³/mol. The lowest BCUT2D eigenvalue weighted by Crippen LogP contribution is -2.14. The smallest absolute Gasteiger partial charge is 0.155 e. The molecule has 0 bridgehead atoms. The van der Waals surface area contributed by atoms with Crippen molar-refractivity contribution in [3.63, 3.8) is 0 Å². The first-order valence-electron chi connectivity index (χ1n) is 7.53. The van der Waals surface area contributed by atoms with Gasteiger partial charge >= 0.3 is 0 Å². The summed E-state index contributed by atoms with van der Waals surface area (Å²) in [5.74, 6) is 2.21. The van der Waals surface area contributed by atoms with Crippen LogP contribution in [0.1, 0.15) is 24.9 Å². The van der Waals surface area contributed by atoms with Crippen LogP contribution in [-0.4, -0.2) is 24.1 Å². The molecule has 0 saturated carbocycles. The van der Waals surface area contributed by atoms with Gasteiger partial charge in [0.1, 0.15) is 16.6 Å². The van der Waals surface area contributed by atoms with Crippen LogP contribution in [0.3, 0.4) is 0 Å². The van der Waals surface area contributed by atoms with E-state index in [0.29, 0.717) is 23.1 Å². The predicted octanol–water partition coefficient (Wildman–Crippen LogP) is 4.72. The van der Waals surface area contributed by atoms with Gasteiger partial charge in [-0.15, -0.1) is 0 Å². The first-order chi connectivity index (χ1) is 11.0. The number of hydrogen-bond donors (Lipinski definition) is 0. The van der Waals surface area contributed by atoms with Gasteiger partial charge in [-0.2, -0.15) is 0 Å². The van der Waals surface area contributed by atoms with Gasteiger partial charge in [0.2, 0.25) is 0 Å². The van der Waals surface area contributed by atoms with Crippen molar-refractivity contribution in [3.8, 4) is 5.75 Å². The Labute approximate surface area is 142 Å². The van der Waals surface area contributed by atoms with Gasteiger partial charge in [0.25, 0.3) is 0 Å². The van der Waals surface area contributed by atoms with Gasteiger partial charge in [0.05, 0.1) is 12.8 Å². The number of ether oxygens (including phenoxy) is 1. The number of allylic oxidation sites excluding steroid dienone is 1. The molecule has 0 fully saturated rings. The van der Waals surface area contributed by atoms with E-state index in [1.54, 1.807) is 7.11 Å². The van der Waals surface area contributed by atoms with E-state index in [1.807, 2.05) is 43.1 Å². The molecule has 0 aliphatic carbocycles. The van der Waals surface area contributed by atoms with E-state index in [0.717, 1.165) is 29.1 Å². The Balaban J connectivity index is 2.38. The molecule has 2 rings (SSSR count). The van der Waals surface area contributed by atoms with Crippen LogP contribution in [0, 0.1) is 6.92 Å². The van der Waals surface area contributed by atoms with Crippen molar-refractivity contribution in [3.05, 3.63) is 53.0 Å². The fraction of sp³-hybridized carbons (Fsp3) is 0.333. The molecule has 0 aliphatic heterocycles. The van der Waals surface area contributed by atoms with Crippen molar-refractivity contribution in [1.29, 1.82) is 0 Å². The van der Waals surface area contributed by atoms with Crippen LogP contribution >= 0.6 is 11.6 Å². The molecule has 5 heteroatoms. The van der Waals surface area contributed by atoms with Crippen LogP contribution in [0.2, 0.25) is 5.02 Å². The van der Waals surface area contributed by atoms with Gasteiger partial charge in [0, 0.05) is 19.2 Å². The lowest BCUT2D eigenvalue weighted by atomic mass is 10.1. The van der Waals surface area contributed by atoms with E-state index >= 15 is 0 Å². The summed E-state index contributed by atoms with van der Waals surface area (Å²) in [6.07, 6.45) is 1.57. The number of halogens is 1. The van der Waals surface area contributed by atoms with Gasteiger partial charge in [-0.25, -0.2) is 9.97 Å². The molecule has 0 atom stereocenters. The minimum atomic E-state index is 0.573. The molecule has 0 saturated heterocycles. The van der Waals surface area contributed by atoms with Crippen LogP contribution in [0.5, 0.6) is 5.75 Å². The average Bonchev–Trinajstić information content (AvgIpc) is 2.57. The summed E-state index contributed by atoms with van der Waals surface area (Å²) in [6, 6.07) is 7.76. The Hall–Kier alpha value is -2.07. The van der Waals surface area contributed by atoms with E-state index in [-0.39, 0.29) is 0 Å². The Morgan fingerprint density at radius 1 is 1.26 bits per heavy atom. The molecular formula is C18H22ClN3O. The third-order valence-electron chi connectivity index (χ3n) is 3.71. The summed E-state index contributed by atoms with van der Waals surface area (Å²) in [5, 5.41) is 0.573. The zero-order valence-corrected chi connectivity index (χ0v) is 14.8. The molecule has 2 aromatic rings. The second-order valence-corrected chi connectivity index (χ2v) is 5.77. The van der Waals surface area contributed by atoms with Crippen molar-refractivity contribution in [2.24, 2.45) is 0 Å². The maximum Gasteiger partial charge on any atom is 0.155 e. The summed E-state index contributed by atoms with van der Waals surface area (Å²) >= 11 is 6.55. The highest BCUT2D eigenvalue weighted by atomic mass is 35.5. The Kier molecular flexibility index (Phi) is 5.61. The molecule has 0 aliphatic rings. The largest absolute Gasteiger partial charge is 0.497 e. The molecular weight excluding hydrogens is 310 g/mol. The third kappa shape index (κ3) is 4.02. The Morgan fingerprint density at radius 3 is 2.48 bits per heavy atom. The molecule has 0 N–H and O–H groups in total. The maximum atomic E-state index is 6.55. The van der Waals surface area contributed by atoms with E-state index in [1.165, 1.54) is 0 Å². The standard InChI is InChI=1S/C18H22ClN3O/c1-6-12(2)11-16-17(19)18(21-13(3)20-16)22(4)14-7-9-15(23-5)10-8-14/h7-10H,2,6,11H2,1,3-5H3. The molecule has 1 aromatic heterocycles. The van der Waals surface area contributed by atoms with Crippen molar-refractivity contribution in [2.45, 2.75) is 26.7 Å². The topological polar surface area (TPSA) is 38.2 Å². The minimum absolute atomic E-state index is 0.573. The molecule has 0 spiro atoms. The fourth-order valence-electron chi connectivity index (χ4n) is 2.23. The number of methoxy groups -OCH3 is 1. The molecule has 0 amide bonds. The number of hydrogen-bond acceptors (Lipinski definition) is 4. The van der Waals surface area contributed by atoms with E-state index in [4.69, 9.17) is 16.3 Å². The van der Waals surface area contributed by atoms with Gasteiger partial charge < -0.3 is 9.64 Å². The fourth-order valence-corrected chi connectivity index (χ4v) is 2.51. The molecule has 0 radical (unpaired) electrons. The molecule has 23 heavy (non-hydrogen) atoms. The zero-order valence-electron chi connectivity index (χ0n) is 14.1. The minimum Gasteiger partial charge on any atom is -0.497 e. The summed E-state index contributed by atoms with van der Waals surface area (Å²) in [5.41, 5.74) is 2.90. The quantitative estimate of drug-likeness (QED) is 0.718. The van der Waals surface area contributed by atoms with Crippen LogP contribution < -0.4 is 9.64 Å². The number of nitrogens with zero attached hydrogens (tertiary/aromatic N) is 3.